The smallest absolute Gasteiger partial charge is 0.257 e. The van der Waals surface area contributed by atoms with Crippen molar-refractivity contribution in [2.24, 2.45) is 0 Å². The van der Waals surface area contributed by atoms with Crippen LogP contribution >= 0.6 is 23.2 Å². The Labute approximate surface area is 160 Å². The van der Waals surface area contributed by atoms with Crippen LogP contribution in [0.3, 0.4) is 0 Å². The second-order valence-electron chi connectivity index (χ2n) is 5.40. The molecule has 0 fully saturated rings. The first-order valence-electron chi connectivity index (χ1n) is 7.61. The van der Waals surface area contributed by atoms with E-state index in [-0.39, 0.29) is 16.5 Å². The molecule has 0 atom stereocenters. The number of oxazole rings is 1. The summed E-state index contributed by atoms with van der Waals surface area (Å²) in [5.74, 6) is -0.361. The molecule has 1 N–H and O–H groups in total. The molecule has 26 heavy (non-hydrogen) atoms. The SMILES string of the molecule is C=C/C=C(\C(=C)Cl)C(=O)Nc1ccc(-c2cc3ncoc3cc2Cl)cc1. The van der Waals surface area contributed by atoms with Crippen LogP contribution in [0.2, 0.25) is 5.02 Å². The van der Waals surface area contributed by atoms with Crippen molar-refractivity contribution in [3.63, 3.8) is 0 Å². The number of allylic oxidation sites excluding steroid dienone is 2. The van der Waals surface area contributed by atoms with Gasteiger partial charge in [0, 0.05) is 22.3 Å². The van der Waals surface area contributed by atoms with Gasteiger partial charge in [-0.05, 0) is 29.8 Å². The molecule has 0 radical (unpaired) electrons. The number of nitrogens with one attached hydrogen (secondary N) is 1. The molecule has 6 heteroatoms. The summed E-state index contributed by atoms with van der Waals surface area (Å²) in [5.41, 5.74) is 3.94. The van der Waals surface area contributed by atoms with Gasteiger partial charge < -0.3 is 9.73 Å². The number of carbonyl (C=O) groups excluding carboxylic acids is 1. The first-order chi connectivity index (χ1) is 12.5. The Kier molecular flexibility index (Phi) is 5.26. The number of amides is 1. The fraction of sp³-hybridized carbons (Fsp3) is 0. The quantitative estimate of drug-likeness (QED) is 0.436. The molecule has 3 rings (SSSR count). The van der Waals surface area contributed by atoms with Crippen LogP contribution in [-0.4, -0.2) is 10.9 Å². The highest BCUT2D eigenvalue weighted by Gasteiger charge is 2.12. The van der Waals surface area contributed by atoms with Gasteiger partial charge >= 0.3 is 0 Å². The lowest BCUT2D eigenvalue weighted by Gasteiger charge is -2.09. The van der Waals surface area contributed by atoms with Crippen molar-refractivity contribution in [3.05, 3.63) is 83.7 Å². The molecule has 0 saturated carbocycles. The Morgan fingerprint density at radius 2 is 1.96 bits per heavy atom. The van der Waals surface area contributed by atoms with Gasteiger partial charge in [0.1, 0.15) is 5.52 Å². The van der Waals surface area contributed by atoms with E-state index < -0.39 is 0 Å². The Morgan fingerprint density at radius 1 is 1.23 bits per heavy atom. The normalized spacial score (nSPS) is 11.4. The van der Waals surface area contributed by atoms with Crippen LogP contribution in [0.5, 0.6) is 0 Å². The minimum Gasteiger partial charge on any atom is -0.443 e. The summed E-state index contributed by atoms with van der Waals surface area (Å²) in [7, 11) is 0. The summed E-state index contributed by atoms with van der Waals surface area (Å²) in [5, 5.41) is 3.47. The Balaban J connectivity index is 1.85. The van der Waals surface area contributed by atoms with Gasteiger partial charge in [-0.3, -0.25) is 4.79 Å². The zero-order chi connectivity index (χ0) is 18.7. The summed E-state index contributed by atoms with van der Waals surface area (Å²) >= 11 is 12.2. The van der Waals surface area contributed by atoms with Crippen LogP contribution < -0.4 is 5.32 Å². The summed E-state index contributed by atoms with van der Waals surface area (Å²) < 4.78 is 5.24. The Hall–Kier alpha value is -2.82. The van der Waals surface area contributed by atoms with Crippen LogP contribution in [0.15, 0.2) is 83.1 Å². The van der Waals surface area contributed by atoms with E-state index in [4.69, 9.17) is 27.6 Å². The van der Waals surface area contributed by atoms with Gasteiger partial charge in [-0.25, -0.2) is 4.98 Å². The first kappa shape index (κ1) is 18.0. The molecule has 130 valence electrons. The lowest BCUT2D eigenvalue weighted by molar-refractivity contribution is -0.112. The van der Waals surface area contributed by atoms with Crippen molar-refractivity contribution in [1.82, 2.24) is 4.98 Å². The molecule has 0 aliphatic heterocycles. The molecule has 0 saturated heterocycles. The summed E-state index contributed by atoms with van der Waals surface area (Å²) in [4.78, 5) is 16.4. The van der Waals surface area contributed by atoms with E-state index in [0.29, 0.717) is 16.3 Å². The van der Waals surface area contributed by atoms with Crippen LogP contribution in [0.4, 0.5) is 5.69 Å². The summed E-state index contributed by atoms with van der Waals surface area (Å²) in [6.45, 7) is 7.14. The van der Waals surface area contributed by atoms with Crippen LogP contribution in [-0.2, 0) is 4.79 Å². The third kappa shape index (κ3) is 3.72. The van der Waals surface area contributed by atoms with Gasteiger partial charge in [-0.1, -0.05) is 54.6 Å². The molecule has 2 aromatic carbocycles. The van der Waals surface area contributed by atoms with Crippen molar-refractivity contribution < 1.29 is 9.21 Å². The van der Waals surface area contributed by atoms with Crippen molar-refractivity contribution >= 4 is 45.9 Å². The van der Waals surface area contributed by atoms with E-state index >= 15 is 0 Å². The van der Waals surface area contributed by atoms with E-state index in [0.717, 1.165) is 16.6 Å². The third-order valence-electron chi connectivity index (χ3n) is 3.70. The maximum atomic E-state index is 12.3. The topological polar surface area (TPSA) is 55.1 Å². The highest BCUT2D eigenvalue weighted by molar-refractivity contribution is 6.36. The average molecular weight is 385 g/mol. The molecule has 0 spiro atoms. The predicted octanol–water partition coefficient (Wildman–Crippen LogP) is 5.95. The second-order valence-corrected chi connectivity index (χ2v) is 6.27. The maximum Gasteiger partial charge on any atom is 0.257 e. The van der Waals surface area contributed by atoms with Crippen LogP contribution in [0, 0.1) is 0 Å². The van der Waals surface area contributed by atoms with Gasteiger partial charge in [0.15, 0.2) is 12.0 Å². The third-order valence-corrected chi connectivity index (χ3v) is 4.21. The molecule has 3 aromatic rings. The molecule has 0 aliphatic carbocycles. The molecule has 1 aromatic heterocycles. The lowest BCUT2D eigenvalue weighted by Crippen LogP contribution is -2.14. The number of benzene rings is 2. The van der Waals surface area contributed by atoms with Gasteiger partial charge in [0.25, 0.3) is 5.91 Å². The molecule has 1 amide bonds. The maximum absolute atomic E-state index is 12.3. The minimum atomic E-state index is -0.361. The predicted molar refractivity (Wildman–Crippen MR) is 106 cm³/mol. The van der Waals surface area contributed by atoms with E-state index in [9.17, 15) is 4.79 Å². The van der Waals surface area contributed by atoms with E-state index in [1.807, 2.05) is 18.2 Å². The van der Waals surface area contributed by atoms with E-state index in [1.54, 1.807) is 18.2 Å². The van der Waals surface area contributed by atoms with E-state index in [1.165, 1.54) is 18.5 Å². The van der Waals surface area contributed by atoms with Crippen molar-refractivity contribution in [3.8, 4) is 11.1 Å². The fourth-order valence-electron chi connectivity index (χ4n) is 2.44. The molecule has 0 bridgehead atoms. The molecular weight excluding hydrogens is 371 g/mol. The van der Waals surface area contributed by atoms with Crippen LogP contribution in [0.25, 0.3) is 22.2 Å². The van der Waals surface area contributed by atoms with Crippen LogP contribution in [0.1, 0.15) is 0 Å². The van der Waals surface area contributed by atoms with Crippen molar-refractivity contribution in [2.75, 3.05) is 5.32 Å². The first-order valence-corrected chi connectivity index (χ1v) is 8.37. The number of halogens is 2. The average Bonchev–Trinajstić information content (AvgIpc) is 3.06. The largest absolute Gasteiger partial charge is 0.443 e. The second kappa shape index (κ2) is 7.60. The molecule has 0 unspecified atom stereocenters. The monoisotopic (exact) mass is 384 g/mol. The number of fused-ring (bicyclic) bond motifs is 1. The number of carbonyl (C=O) groups is 1. The van der Waals surface area contributed by atoms with Crippen molar-refractivity contribution in [1.29, 1.82) is 0 Å². The lowest BCUT2D eigenvalue weighted by atomic mass is 10.0. The summed E-state index contributed by atoms with van der Waals surface area (Å²) in [6.07, 6.45) is 4.36. The fourth-order valence-corrected chi connectivity index (χ4v) is 2.85. The standard InChI is InChI=1S/C20H14Cl2N2O2/c1-3-4-15(12(2)21)20(25)24-14-7-5-13(6-8-14)16-9-18-19(10-17(16)22)26-11-23-18/h3-11H,1-2H2,(H,24,25)/b15-4+. The highest BCUT2D eigenvalue weighted by Crippen LogP contribution is 2.32. The number of hydrogen-bond donors (Lipinski definition) is 1. The molecule has 4 nitrogen and oxygen atoms in total. The van der Waals surface area contributed by atoms with Gasteiger partial charge in [-0.2, -0.15) is 0 Å². The number of rotatable bonds is 5. The van der Waals surface area contributed by atoms with Gasteiger partial charge in [0.05, 0.1) is 10.6 Å². The molecule has 0 aliphatic rings. The number of anilines is 1. The molecule has 1 heterocycles. The molecular formula is C20H14Cl2N2O2. The number of nitrogens with zero attached hydrogens (tertiary/aromatic N) is 1. The van der Waals surface area contributed by atoms with E-state index in [2.05, 4.69) is 23.5 Å². The number of hydrogen-bond acceptors (Lipinski definition) is 3. The zero-order valence-corrected chi connectivity index (χ0v) is 15.1. The number of aromatic nitrogens is 1. The highest BCUT2D eigenvalue weighted by atomic mass is 35.5. The Morgan fingerprint density at radius 3 is 2.62 bits per heavy atom. The zero-order valence-electron chi connectivity index (χ0n) is 13.6. The minimum absolute atomic E-state index is 0.145. The van der Waals surface area contributed by atoms with Gasteiger partial charge in [0.2, 0.25) is 0 Å². The Bertz CT molecular complexity index is 1030. The van der Waals surface area contributed by atoms with Gasteiger partial charge in [-0.15, -0.1) is 0 Å². The van der Waals surface area contributed by atoms with Crippen molar-refractivity contribution in [2.45, 2.75) is 0 Å². The summed E-state index contributed by atoms with van der Waals surface area (Å²) in [6, 6.07) is 10.9.